The van der Waals surface area contributed by atoms with Crippen LogP contribution >= 0.6 is 15.9 Å². The molecule has 0 unspecified atom stereocenters. The van der Waals surface area contributed by atoms with Crippen molar-refractivity contribution in [2.45, 2.75) is 11.8 Å². The molecule has 0 bridgehead atoms. The van der Waals surface area contributed by atoms with E-state index in [4.69, 9.17) is 5.73 Å². The predicted molar refractivity (Wildman–Crippen MR) is 78.3 cm³/mol. The van der Waals surface area contributed by atoms with E-state index in [9.17, 15) is 8.42 Å². The van der Waals surface area contributed by atoms with Gasteiger partial charge in [-0.1, -0.05) is 6.07 Å². The van der Waals surface area contributed by atoms with Crippen molar-refractivity contribution >= 4 is 37.5 Å². The van der Waals surface area contributed by atoms with Crippen LogP contribution in [0, 0.1) is 6.92 Å². The Balaban J connectivity index is 2.33. The van der Waals surface area contributed by atoms with Crippen molar-refractivity contribution in [2.24, 2.45) is 0 Å². The van der Waals surface area contributed by atoms with Gasteiger partial charge in [0.1, 0.15) is 5.82 Å². The molecule has 0 saturated carbocycles. The molecule has 0 aliphatic heterocycles. The number of hydrogen-bond acceptors (Lipinski definition) is 4. The third-order valence-corrected chi connectivity index (χ3v) is 4.62. The van der Waals surface area contributed by atoms with Gasteiger partial charge in [-0.25, -0.2) is 13.4 Å². The predicted octanol–water partition coefficient (Wildman–Crippen LogP) is 2.54. The van der Waals surface area contributed by atoms with Gasteiger partial charge in [0, 0.05) is 10.2 Å². The minimum Gasteiger partial charge on any atom is -0.399 e. The first kappa shape index (κ1) is 13.8. The Labute approximate surface area is 120 Å². The van der Waals surface area contributed by atoms with Crippen LogP contribution in [-0.4, -0.2) is 13.4 Å². The molecule has 3 N–H and O–H groups in total. The summed E-state index contributed by atoms with van der Waals surface area (Å²) < 4.78 is 27.5. The molecule has 1 aromatic carbocycles. The Morgan fingerprint density at radius 3 is 2.63 bits per heavy atom. The van der Waals surface area contributed by atoms with Crippen molar-refractivity contribution < 1.29 is 8.42 Å². The molecule has 0 fully saturated rings. The average molecular weight is 342 g/mol. The smallest absolute Gasteiger partial charge is 0.263 e. The summed E-state index contributed by atoms with van der Waals surface area (Å²) in [5.41, 5.74) is 6.67. The Kier molecular flexibility index (Phi) is 3.77. The van der Waals surface area contributed by atoms with Crippen molar-refractivity contribution in [1.29, 1.82) is 0 Å². The fourth-order valence-electron chi connectivity index (χ4n) is 1.48. The van der Waals surface area contributed by atoms with Crippen LogP contribution in [0.15, 0.2) is 45.8 Å². The number of nitrogens with zero attached hydrogens (tertiary/aromatic N) is 1. The zero-order valence-electron chi connectivity index (χ0n) is 10.1. The number of halogens is 1. The van der Waals surface area contributed by atoms with Gasteiger partial charge in [0.05, 0.1) is 10.6 Å². The van der Waals surface area contributed by atoms with Gasteiger partial charge < -0.3 is 5.73 Å². The van der Waals surface area contributed by atoms with Crippen molar-refractivity contribution in [3.63, 3.8) is 0 Å². The third-order valence-electron chi connectivity index (χ3n) is 2.43. The minimum atomic E-state index is -3.67. The maximum absolute atomic E-state index is 12.1. The normalized spacial score (nSPS) is 11.3. The molecule has 0 saturated heterocycles. The van der Waals surface area contributed by atoms with E-state index in [0.717, 1.165) is 4.47 Å². The lowest BCUT2D eigenvalue weighted by molar-refractivity contribution is 0.601. The summed E-state index contributed by atoms with van der Waals surface area (Å²) in [6, 6.07) is 9.41. The molecule has 0 amide bonds. The zero-order chi connectivity index (χ0) is 14.0. The Bertz CT molecular complexity index is 717. The number of hydrogen-bond donors (Lipinski definition) is 2. The van der Waals surface area contributed by atoms with Crippen LogP contribution in [0.25, 0.3) is 0 Å². The lowest BCUT2D eigenvalue weighted by Crippen LogP contribution is -2.14. The summed E-state index contributed by atoms with van der Waals surface area (Å²) in [7, 11) is -3.67. The second kappa shape index (κ2) is 5.18. The molecule has 0 aliphatic carbocycles. The number of rotatable bonds is 3. The van der Waals surface area contributed by atoms with E-state index in [1.807, 2.05) is 0 Å². The molecule has 0 aliphatic rings. The van der Waals surface area contributed by atoms with Crippen LogP contribution in [0.1, 0.15) is 5.69 Å². The molecule has 7 heteroatoms. The van der Waals surface area contributed by atoms with Gasteiger partial charge in [0.25, 0.3) is 10.0 Å². The number of pyridine rings is 1. The summed E-state index contributed by atoms with van der Waals surface area (Å²) in [5.74, 6) is 0.267. The number of sulfonamides is 1. The first-order valence-electron chi connectivity index (χ1n) is 5.40. The zero-order valence-corrected chi connectivity index (χ0v) is 12.5. The fourth-order valence-corrected chi connectivity index (χ4v) is 2.76. The first-order chi connectivity index (χ1) is 8.88. The lowest BCUT2D eigenvalue weighted by atomic mass is 10.3. The van der Waals surface area contributed by atoms with Gasteiger partial charge in [-0.2, -0.15) is 0 Å². The van der Waals surface area contributed by atoms with Crippen molar-refractivity contribution in [1.82, 2.24) is 4.98 Å². The molecule has 2 rings (SSSR count). The van der Waals surface area contributed by atoms with Gasteiger partial charge in [-0.3, -0.25) is 4.72 Å². The maximum atomic E-state index is 12.1. The van der Waals surface area contributed by atoms with Crippen LogP contribution in [-0.2, 0) is 10.0 Å². The Morgan fingerprint density at radius 2 is 2.00 bits per heavy atom. The van der Waals surface area contributed by atoms with Crippen molar-refractivity contribution in [3.05, 3.63) is 46.6 Å². The van der Waals surface area contributed by atoms with E-state index in [1.165, 1.54) is 12.1 Å². The van der Waals surface area contributed by atoms with Crippen LogP contribution in [0.4, 0.5) is 11.5 Å². The number of aromatic nitrogens is 1. The topological polar surface area (TPSA) is 85.1 Å². The maximum Gasteiger partial charge on any atom is 0.263 e. The fraction of sp³-hybridized carbons (Fsp3) is 0.0833. The average Bonchev–Trinajstić information content (AvgIpc) is 2.33. The number of benzene rings is 1. The molecule has 5 nitrogen and oxygen atoms in total. The Hall–Kier alpha value is -1.60. The molecule has 0 radical (unpaired) electrons. The van der Waals surface area contributed by atoms with Gasteiger partial charge in [-0.15, -0.1) is 0 Å². The van der Waals surface area contributed by atoms with E-state index in [-0.39, 0.29) is 10.7 Å². The summed E-state index contributed by atoms with van der Waals surface area (Å²) >= 11 is 3.31. The summed E-state index contributed by atoms with van der Waals surface area (Å²) in [6.07, 6.45) is 0. The molecular weight excluding hydrogens is 330 g/mol. The molecule has 100 valence electrons. The summed E-state index contributed by atoms with van der Waals surface area (Å²) in [4.78, 5) is 4.24. The van der Waals surface area contributed by atoms with E-state index in [1.54, 1.807) is 31.2 Å². The number of nitrogens with two attached hydrogens (primary N) is 1. The molecular formula is C12H12BrN3O2S. The van der Waals surface area contributed by atoms with Crippen LogP contribution < -0.4 is 10.5 Å². The molecule has 1 heterocycles. The monoisotopic (exact) mass is 341 g/mol. The van der Waals surface area contributed by atoms with Gasteiger partial charge in [0.15, 0.2) is 0 Å². The highest BCUT2D eigenvalue weighted by molar-refractivity contribution is 9.10. The van der Waals surface area contributed by atoms with Crippen molar-refractivity contribution in [2.75, 3.05) is 10.5 Å². The number of aryl methyl sites for hydroxylation is 1. The van der Waals surface area contributed by atoms with E-state index in [0.29, 0.717) is 11.4 Å². The van der Waals surface area contributed by atoms with Crippen LogP contribution in [0.3, 0.4) is 0 Å². The van der Waals surface area contributed by atoms with E-state index in [2.05, 4.69) is 25.6 Å². The third kappa shape index (κ3) is 3.24. The largest absolute Gasteiger partial charge is 0.399 e. The molecule has 0 atom stereocenters. The summed E-state index contributed by atoms with van der Waals surface area (Å²) in [5, 5.41) is 0. The number of nitrogens with one attached hydrogen (secondary N) is 1. The number of anilines is 2. The molecule has 0 spiro atoms. The quantitative estimate of drug-likeness (QED) is 0.840. The highest BCUT2D eigenvalue weighted by Gasteiger charge is 2.15. The molecule has 1 aromatic heterocycles. The van der Waals surface area contributed by atoms with Gasteiger partial charge in [0.2, 0.25) is 0 Å². The highest BCUT2D eigenvalue weighted by Crippen LogP contribution is 2.20. The summed E-state index contributed by atoms with van der Waals surface area (Å²) in [6.45, 7) is 1.78. The lowest BCUT2D eigenvalue weighted by Gasteiger charge is -2.09. The highest BCUT2D eigenvalue weighted by atomic mass is 79.9. The molecule has 2 aromatic rings. The minimum absolute atomic E-state index is 0.106. The van der Waals surface area contributed by atoms with Crippen LogP contribution in [0.5, 0.6) is 0 Å². The van der Waals surface area contributed by atoms with Gasteiger partial charge in [-0.05, 0) is 53.2 Å². The Morgan fingerprint density at radius 1 is 1.26 bits per heavy atom. The standard InChI is InChI=1S/C12H12BrN3O2S/c1-8-11(13)5-6-12(15-8)16-19(17,18)10-4-2-3-9(14)7-10/h2-7H,14H2,1H3,(H,15,16). The van der Waals surface area contributed by atoms with Crippen LogP contribution in [0.2, 0.25) is 0 Å². The second-order valence-electron chi connectivity index (χ2n) is 3.94. The van der Waals surface area contributed by atoms with Crippen molar-refractivity contribution in [3.8, 4) is 0 Å². The van der Waals surface area contributed by atoms with E-state index >= 15 is 0 Å². The van der Waals surface area contributed by atoms with Gasteiger partial charge >= 0.3 is 0 Å². The molecule has 19 heavy (non-hydrogen) atoms. The number of nitrogen functional groups attached to an aromatic ring is 1. The second-order valence-corrected chi connectivity index (χ2v) is 6.48. The van der Waals surface area contributed by atoms with E-state index < -0.39 is 10.0 Å². The first-order valence-corrected chi connectivity index (χ1v) is 7.67. The SMILES string of the molecule is Cc1nc(NS(=O)(=O)c2cccc(N)c2)ccc1Br.